The molecule has 9 unspecified atom stereocenters. The van der Waals surface area contributed by atoms with Crippen LogP contribution < -0.4 is 28.3 Å². The van der Waals surface area contributed by atoms with Gasteiger partial charge in [-0.3, -0.25) is 64.9 Å². The van der Waals surface area contributed by atoms with E-state index in [0.29, 0.717) is 0 Å². The van der Waals surface area contributed by atoms with Gasteiger partial charge in [-0.15, -0.1) is 0 Å². The van der Waals surface area contributed by atoms with Crippen LogP contribution in [0.2, 0.25) is 0 Å². The zero-order valence-electron chi connectivity index (χ0n) is 35.6. The van der Waals surface area contributed by atoms with Crippen molar-refractivity contribution < 1.29 is 79.6 Å². The van der Waals surface area contributed by atoms with Crippen LogP contribution in [-0.2, 0) is 59.6 Å². The molecule has 3 fully saturated rings. The van der Waals surface area contributed by atoms with Crippen molar-refractivity contribution in [2.24, 2.45) is 0 Å². The van der Waals surface area contributed by atoms with E-state index in [0.717, 1.165) is 20.5 Å². The van der Waals surface area contributed by atoms with Crippen LogP contribution in [-0.4, -0.2) is 155 Å². The number of aromatic amines is 2. The van der Waals surface area contributed by atoms with Crippen molar-refractivity contribution in [3.63, 3.8) is 0 Å². The molecule has 34 nitrogen and oxygen atoms in total. The molecule has 9 rings (SSSR count). The SMILES string of the molecule is COP(=O)(O)OCC1OC(n2cnc3c(=O)[nH]c(N)nc32)C[C@@H]1OP(=O)(O)OCC1OC(n2cnc3c(N)ncnc32)C[C@@H]1OP(=O)(OC)OCC1OC(n2cnc3c(=O)[nH]c(N)nc32)[C@H](O)[C@@H]1O. The monoisotopic (exact) mass is 1030 g/mol. The minimum absolute atomic E-state index is 0.0230. The third-order valence-corrected chi connectivity index (χ3v) is 14.5. The minimum Gasteiger partial charge on any atom is -0.387 e. The summed E-state index contributed by atoms with van der Waals surface area (Å²) in [5, 5.41) is 21.9. The van der Waals surface area contributed by atoms with Gasteiger partial charge in [0.05, 0.1) is 38.8 Å². The van der Waals surface area contributed by atoms with Gasteiger partial charge in [-0.1, -0.05) is 0 Å². The topological polar surface area (TPSA) is 473 Å². The highest BCUT2D eigenvalue weighted by Gasteiger charge is 2.49. The number of phosphoric acid groups is 3. The van der Waals surface area contributed by atoms with Crippen molar-refractivity contribution in [3.8, 4) is 0 Å². The summed E-state index contributed by atoms with van der Waals surface area (Å²) in [5.74, 6) is -0.461. The summed E-state index contributed by atoms with van der Waals surface area (Å²) < 4.78 is 99.2. The Labute approximate surface area is 383 Å². The molecule has 9 heterocycles. The average molecular weight is 1030 g/mol. The molecule has 0 radical (unpaired) electrons. The smallest absolute Gasteiger partial charge is 0.387 e. The maximum atomic E-state index is 14.2. The highest BCUT2D eigenvalue weighted by molar-refractivity contribution is 7.48. The Morgan fingerprint density at radius 3 is 1.77 bits per heavy atom. The number of hydrogen-bond donors (Lipinski definition) is 9. The number of nitrogens with two attached hydrogens (primary N) is 3. The first-order valence-corrected chi connectivity index (χ1v) is 24.6. The Morgan fingerprint density at radius 2 is 1.17 bits per heavy atom. The van der Waals surface area contributed by atoms with Gasteiger partial charge in [-0.05, 0) is 0 Å². The first-order valence-electron chi connectivity index (χ1n) is 20.1. The molecule has 0 aliphatic carbocycles. The number of aliphatic hydroxyl groups is 2. The van der Waals surface area contributed by atoms with Gasteiger partial charge < -0.3 is 51.4 Å². The number of nitrogens with zero attached hydrogens (tertiary/aromatic N) is 10. The van der Waals surface area contributed by atoms with Gasteiger partial charge in [-0.2, -0.15) is 9.97 Å². The quantitative estimate of drug-likeness (QED) is 0.0440. The molecule has 3 aliphatic rings. The normalized spacial score (nSPS) is 29.0. The fraction of sp³-hybridized carbons (Fsp3) is 0.531. The molecule has 6 aromatic rings. The maximum absolute atomic E-state index is 14.2. The van der Waals surface area contributed by atoms with Gasteiger partial charge in [0, 0.05) is 27.1 Å². The molecule has 0 bridgehead atoms. The number of nitrogen functional groups attached to an aromatic ring is 3. The molecule has 0 amide bonds. The van der Waals surface area contributed by atoms with E-state index >= 15 is 0 Å². The number of aliphatic hydroxyl groups excluding tert-OH is 2. The fourth-order valence-corrected chi connectivity index (χ4v) is 10.3. The van der Waals surface area contributed by atoms with E-state index in [1.165, 1.54) is 32.7 Å². The van der Waals surface area contributed by atoms with Crippen molar-refractivity contribution in [1.29, 1.82) is 0 Å². The highest BCUT2D eigenvalue weighted by Crippen LogP contribution is 2.55. The predicted octanol–water partition coefficient (Wildman–Crippen LogP) is -1.54. The summed E-state index contributed by atoms with van der Waals surface area (Å²) in [6.45, 7) is -2.25. The van der Waals surface area contributed by atoms with Crippen LogP contribution in [0.25, 0.3) is 33.5 Å². The molecule has 0 spiro atoms. The first-order chi connectivity index (χ1) is 32.8. The molecular weight excluding hydrogens is 991 g/mol. The molecule has 13 atom stereocenters. The lowest BCUT2D eigenvalue weighted by molar-refractivity contribution is -0.0623. The third kappa shape index (κ3) is 9.81. The van der Waals surface area contributed by atoms with Crippen LogP contribution in [0.4, 0.5) is 17.7 Å². The number of ether oxygens (including phenoxy) is 3. The molecule has 0 saturated carbocycles. The summed E-state index contributed by atoms with van der Waals surface area (Å²) >= 11 is 0. The summed E-state index contributed by atoms with van der Waals surface area (Å²) in [4.78, 5) is 79.0. The highest BCUT2D eigenvalue weighted by atomic mass is 31.2. The molecule has 374 valence electrons. The van der Waals surface area contributed by atoms with Crippen LogP contribution >= 0.6 is 23.5 Å². The van der Waals surface area contributed by atoms with Gasteiger partial charge in [0.25, 0.3) is 11.1 Å². The Balaban J connectivity index is 0.919. The number of nitrogens with one attached hydrogen (secondary N) is 2. The Bertz CT molecular complexity index is 3150. The van der Waals surface area contributed by atoms with Gasteiger partial charge >= 0.3 is 23.5 Å². The van der Waals surface area contributed by atoms with E-state index in [-0.39, 0.29) is 64.0 Å². The zero-order valence-corrected chi connectivity index (χ0v) is 38.3. The zero-order chi connectivity index (χ0) is 49.2. The van der Waals surface area contributed by atoms with Crippen molar-refractivity contribution >= 4 is 74.7 Å². The molecule has 3 saturated heterocycles. The number of imidazole rings is 3. The van der Waals surface area contributed by atoms with Crippen molar-refractivity contribution in [2.45, 2.75) is 74.3 Å². The Kier molecular flexibility index (Phi) is 13.3. The molecule has 69 heavy (non-hydrogen) atoms. The van der Waals surface area contributed by atoms with Crippen LogP contribution in [0, 0.1) is 0 Å². The van der Waals surface area contributed by atoms with Crippen LogP contribution in [0.1, 0.15) is 31.5 Å². The second kappa shape index (κ2) is 18.8. The second-order valence-corrected chi connectivity index (χ2v) is 20.0. The largest absolute Gasteiger partial charge is 0.474 e. The van der Waals surface area contributed by atoms with Crippen molar-refractivity contribution in [3.05, 3.63) is 46.0 Å². The van der Waals surface area contributed by atoms with Gasteiger partial charge in [0.15, 0.2) is 40.0 Å². The number of hydrogen-bond acceptors (Lipinski definition) is 27. The lowest BCUT2D eigenvalue weighted by Crippen LogP contribution is -2.34. The number of H-pyrrole nitrogens is 2. The van der Waals surface area contributed by atoms with E-state index < -0.39 is 116 Å². The van der Waals surface area contributed by atoms with E-state index in [2.05, 4.69) is 49.4 Å². The van der Waals surface area contributed by atoms with Crippen molar-refractivity contribution in [2.75, 3.05) is 51.2 Å². The van der Waals surface area contributed by atoms with Crippen LogP contribution in [0.15, 0.2) is 34.9 Å². The lowest BCUT2D eigenvalue weighted by atomic mass is 10.1. The molecule has 12 N–H and O–H groups in total. The number of phosphoric ester groups is 3. The Hall–Kier alpha value is -5.22. The fourth-order valence-electron chi connectivity index (χ4n) is 7.77. The van der Waals surface area contributed by atoms with E-state index in [9.17, 15) is 43.3 Å². The summed E-state index contributed by atoms with van der Waals surface area (Å²) in [5.41, 5.74) is 16.2. The standard InChI is InChI=1S/C32H42N15O19P3/c1-57-67(52,53)59-5-14-12(3-18(62-14)46-10-39-20-26(46)41-31(34)43-28(20)50)65-68(54,55)60-6-15-13(4-17(63-15)45-9-38-19-24(33)36-8-37-25(19)45)66-69(56,58-2)61-7-16-22(48)23(49)30(64-16)47-11-40-21-27(47)42-32(35)44-29(21)51/h8-18,22-23,30,48-49H,3-7H2,1-2H3,(H,52,53)(H,54,55)(H2,33,36,37)(H3,34,41,43,50)(H3,35,42,44,51)/t12-,13-,14?,15?,16?,17?,18?,22+,23+,30?,69?/m0/s1. The molecule has 37 heteroatoms. The number of aromatic nitrogens is 12. The van der Waals surface area contributed by atoms with Gasteiger partial charge in [0.1, 0.15) is 67.0 Å². The van der Waals surface area contributed by atoms with Crippen LogP contribution in [0.3, 0.4) is 0 Å². The van der Waals surface area contributed by atoms with Gasteiger partial charge in [0.2, 0.25) is 11.9 Å². The third-order valence-electron chi connectivity index (χ3n) is 11.1. The summed E-state index contributed by atoms with van der Waals surface area (Å²) in [6.07, 6.45) is -9.41. The van der Waals surface area contributed by atoms with Crippen LogP contribution in [0.5, 0.6) is 0 Å². The number of fused-ring (bicyclic) bond motifs is 3. The number of anilines is 3. The van der Waals surface area contributed by atoms with E-state index in [4.69, 9.17) is 58.6 Å². The lowest BCUT2D eigenvalue weighted by Gasteiger charge is -2.25. The van der Waals surface area contributed by atoms with Gasteiger partial charge in [-0.25, -0.2) is 38.6 Å². The second-order valence-electron chi connectivity index (χ2n) is 15.3. The summed E-state index contributed by atoms with van der Waals surface area (Å²) in [7, 11) is -12.6. The van der Waals surface area contributed by atoms with E-state index in [1.54, 1.807) is 0 Å². The van der Waals surface area contributed by atoms with E-state index in [1.807, 2.05) is 0 Å². The summed E-state index contributed by atoms with van der Waals surface area (Å²) in [6, 6.07) is 0. The molecular formula is C32H42N15O19P3. The molecule has 3 aliphatic heterocycles. The molecule has 0 aromatic carbocycles. The van der Waals surface area contributed by atoms with Crippen molar-refractivity contribution in [1.82, 2.24) is 58.6 Å². The number of rotatable bonds is 18. The minimum atomic E-state index is -5.21. The predicted molar refractivity (Wildman–Crippen MR) is 227 cm³/mol. The average Bonchev–Trinajstić information content (AvgIpc) is 4.17. The molecule has 6 aromatic heterocycles. The maximum Gasteiger partial charge on any atom is 0.474 e. The Morgan fingerprint density at radius 1 is 0.652 bits per heavy atom. The first kappa shape index (κ1) is 48.8.